The fourth-order valence-electron chi connectivity index (χ4n) is 8.84. The zero-order valence-electron chi connectivity index (χ0n) is 25.5. The van der Waals surface area contributed by atoms with Crippen molar-refractivity contribution in [2.75, 3.05) is 37.7 Å². The molecular weight excluding hydrogens is 597 g/mol. The number of phenols is 1. The fraction of sp³-hybridized carbons (Fsp3) is 0.500. The number of alkyl halides is 1. The number of pyridine rings is 1. The number of ether oxygens (including phenoxy) is 2. The molecule has 0 amide bonds. The van der Waals surface area contributed by atoms with Crippen LogP contribution >= 0.6 is 0 Å². The Morgan fingerprint density at radius 3 is 2.89 bits per heavy atom. The number of aryl methyl sites for hydroxylation is 1. The van der Waals surface area contributed by atoms with Gasteiger partial charge >= 0.3 is 6.01 Å². The second-order valence-corrected chi connectivity index (χ2v) is 13.5. The first-order valence-electron chi connectivity index (χ1n) is 16.3. The van der Waals surface area contributed by atoms with Crippen LogP contribution in [0.15, 0.2) is 24.3 Å². The Kier molecular flexibility index (Phi) is 6.34. The number of nitrogens with one attached hydrogen (secondary N) is 1. The van der Waals surface area contributed by atoms with Crippen LogP contribution in [-0.2, 0) is 6.42 Å². The van der Waals surface area contributed by atoms with E-state index in [1.54, 1.807) is 6.07 Å². The molecule has 0 unspecified atom stereocenters. The van der Waals surface area contributed by atoms with Crippen LogP contribution in [-0.4, -0.2) is 87.6 Å². The Balaban J connectivity index is 1.24. The number of phenolic OH excluding ortho intramolecular Hbond substituents is 1. The van der Waals surface area contributed by atoms with Crippen LogP contribution in [0.5, 0.6) is 17.6 Å². The van der Waals surface area contributed by atoms with Crippen molar-refractivity contribution in [2.45, 2.75) is 75.3 Å². The summed E-state index contributed by atoms with van der Waals surface area (Å²) in [5.74, 6) is -0.568. The Hall–Kier alpha value is -3.90. The molecule has 46 heavy (non-hydrogen) atoms. The average molecular weight is 633 g/mol. The van der Waals surface area contributed by atoms with Crippen molar-refractivity contribution < 1.29 is 27.8 Å². The summed E-state index contributed by atoms with van der Waals surface area (Å²) < 4.78 is 59.3. The molecule has 7 heterocycles. The third kappa shape index (κ3) is 4.18. The number of hydrogen-bond acceptors (Lipinski definition) is 9. The van der Waals surface area contributed by atoms with Gasteiger partial charge in [0.15, 0.2) is 5.82 Å². The molecule has 9 rings (SSSR count). The lowest BCUT2D eigenvalue weighted by molar-refractivity contribution is 0.107. The van der Waals surface area contributed by atoms with E-state index in [1.807, 2.05) is 6.92 Å². The highest BCUT2D eigenvalue weighted by atomic mass is 19.1. The molecule has 2 bridgehead atoms. The summed E-state index contributed by atoms with van der Waals surface area (Å²) in [5, 5.41) is 15.8. The van der Waals surface area contributed by atoms with Gasteiger partial charge in [0.05, 0.1) is 11.6 Å². The SMILES string of the molecule is CCc1c(F)ccc2cc(O)cc(-c3nc4c5c(nc(OC[C@@]67CCCN6C[C@H](F)C7)nc5c3F)N3C[C@H]5CC[C@H](N5)[C@H]3CO4)c12. The number of anilines is 1. The van der Waals surface area contributed by atoms with Crippen molar-refractivity contribution in [1.82, 2.24) is 25.2 Å². The zero-order chi connectivity index (χ0) is 31.3. The molecule has 2 aromatic heterocycles. The summed E-state index contributed by atoms with van der Waals surface area (Å²) in [4.78, 5) is 18.6. The summed E-state index contributed by atoms with van der Waals surface area (Å²) >= 11 is 0. The van der Waals surface area contributed by atoms with E-state index in [0.717, 1.165) is 32.2 Å². The van der Waals surface area contributed by atoms with Crippen LogP contribution in [0.3, 0.4) is 0 Å². The first-order valence-corrected chi connectivity index (χ1v) is 16.3. The molecule has 240 valence electrons. The first kappa shape index (κ1) is 28.3. The van der Waals surface area contributed by atoms with E-state index in [9.17, 15) is 9.50 Å². The minimum Gasteiger partial charge on any atom is -0.508 e. The number of fused-ring (bicyclic) bond motifs is 7. The van der Waals surface area contributed by atoms with Crippen molar-refractivity contribution in [3.8, 4) is 28.9 Å². The van der Waals surface area contributed by atoms with E-state index < -0.39 is 23.3 Å². The lowest BCUT2D eigenvalue weighted by atomic mass is 9.94. The molecule has 0 saturated carbocycles. The van der Waals surface area contributed by atoms with Crippen LogP contribution < -0.4 is 19.7 Å². The highest BCUT2D eigenvalue weighted by molar-refractivity contribution is 6.03. The molecule has 9 nitrogen and oxygen atoms in total. The summed E-state index contributed by atoms with van der Waals surface area (Å²) in [6, 6.07) is 6.25. The van der Waals surface area contributed by atoms with Crippen molar-refractivity contribution in [1.29, 1.82) is 0 Å². The Morgan fingerprint density at radius 2 is 2.02 bits per heavy atom. The topological polar surface area (TPSA) is 95.9 Å². The largest absolute Gasteiger partial charge is 0.508 e. The smallest absolute Gasteiger partial charge is 0.319 e. The first-order chi connectivity index (χ1) is 22.3. The van der Waals surface area contributed by atoms with Gasteiger partial charge in [0.2, 0.25) is 5.88 Å². The number of hydrogen-bond donors (Lipinski definition) is 2. The number of aromatic nitrogens is 3. The molecule has 12 heteroatoms. The number of benzene rings is 2. The van der Waals surface area contributed by atoms with Gasteiger partial charge in [0.1, 0.15) is 53.4 Å². The normalized spacial score (nSPS) is 28.4. The molecule has 0 spiro atoms. The van der Waals surface area contributed by atoms with Crippen LogP contribution in [0.1, 0.15) is 44.6 Å². The van der Waals surface area contributed by atoms with Crippen molar-refractivity contribution in [3.63, 3.8) is 0 Å². The molecule has 5 aliphatic heterocycles. The molecule has 4 fully saturated rings. The van der Waals surface area contributed by atoms with Gasteiger partial charge in [-0.05, 0) is 73.2 Å². The lowest BCUT2D eigenvalue weighted by Gasteiger charge is -2.40. The van der Waals surface area contributed by atoms with Crippen LogP contribution in [0.25, 0.3) is 32.9 Å². The maximum Gasteiger partial charge on any atom is 0.319 e. The van der Waals surface area contributed by atoms with E-state index in [2.05, 4.69) is 20.1 Å². The van der Waals surface area contributed by atoms with E-state index >= 15 is 8.78 Å². The summed E-state index contributed by atoms with van der Waals surface area (Å²) in [6.07, 6.45) is 3.62. The van der Waals surface area contributed by atoms with E-state index in [0.29, 0.717) is 60.1 Å². The monoisotopic (exact) mass is 632 g/mol. The molecule has 4 aromatic rings. The third-order valence-electron chi connectivity index (χ3n) is 10.9. The number of aromatic hydroxyl groups is 1. The minimum absolute atomic E-state index is 0.0145. The van der Waals surface area contributed by atoms with Crippen LogP contribution in [0.4, 0.5) is 19.0 Å². The molecule has 4 saturated heterocycles. The highest BCUT2D eigenvalue weighted by Crippen LogP contribution is 2.45. The van der Waals surface area contributed by atoms with Crippen LogP contribution in [0.2, 0.25) is 0 Å². The highest BCUT2D eigenvalue weighted by Gasteiger charge is 2.50. The van der Waals surface area contributed by atoms with E-state index in [1.165, 1.54) is 18.2 Å². The number of piperazine rings is 1. The predicted octanol–water partition coefficient (Wildman–Crippen LogP) is 5.05. The zero-order valence-corrected chi connectivity index (χ0v) is 25.5. The van der Waals surface area contributed by atoms with Gasteiger partial charge in [0, 0.05) is 37.2 Å². The Bertz CT molecular complexity index is 1910. The fourth-order valence-corrected chi connectivity index (χ4v) is 8.84. The maximum absolute atomic E-state index is 17.1. The van der Waals surface area contributed by atoms with Gasteiger partial charge in [-0.3, -0.25) is 4.90 Å². The van der Waals surface area contributed by atoms with Gasteiger partial charge in [-0.15, -0.1) is 0 Å². The van der Waals surface area contributed by atoms with Gasteiger partial charge in [-0.25, -0.2) is 18.2 Å². The Morgan fingerprint density at radius 1 is 1.13 bits per heavy atom. The average Bonchev–Trinajstić information content (AvgIpc) is 3.68. The predicted molar refractivity (Wildman–Crippen MR) is 166 cm³/mol. The third-order valence-corrected chi connectivity index (χ3v) is 10.9. The number of nitrogens with zero attached hydrogens (tertiary/aromatic N) is 5. The minimum atomic E-state index is -0.913. The quantitative estimate of drug-likeness (QED) is 0.314. The van der Waals surface area contributed by atoms with Gasteiger partial charge < -0.3 is 24.8 Å². The van der Waals surface area contributed by atoms with E-state index in [4.69, 9.17) is 19.4 Å². The van der Waals surface area contributed by atoms with E-state index in [-0.39, 0.29) is 59.1 Å². The molecule has 2 N–H and O–H groups in total. The molecule has 5 atom stereocenters. The molecule has 5 aliphatic rings. The number of halogens is 3. The van der Waals surface area contributed by atoms with Crippen molar-refractivity contribution in [3.05, 3.63) is 41.5 Å². The molecule has 0 radical (unpaired) electrons. The maximum atomic E-state index is 17.1. The van der Waals surface area contributed by atoms with Gasteiger partial charge in [-0.1, -0.05) is 13.0 Å². The van der Waals surface area contributed by atoms with Crippen LogP contribution in [0, 0.1) is 11.6 Å². The summed E-state index contributed by atoms with van der Waals surface area (Å²) in [7, 11) is 0. The Labute approximate surface area is 263 Å². The second-order valence-electron chi connectivity index (χ2n) is 13.5. The second kappa shape index (κ2) is 10.3. The standard InChI is InChI=1S/C34H35F3N6O3/c1-2-21-23(36)6-4-17-10-20(44)11-22(26(17)21)29-28(37)30-27-31(43-14-19-5-7-24(38-19)25(43)15-45-32(27)39-29)41-33(40-30)46-16-34-8-3-9-42(34)13-18(35)12-34/h4,6,10-11,18-19,24-25,38,44H,2-3,5,7-9,12-16H2,1H3/t18-,19-,24+,25-,34+/m1/s1. The lowest BCUT2D eigenvalue weighted by Crippen LogP contribution is -2.60. The summed E-state index contributed by atoms with van der Waals surface area (Å²) in [6.45, 7) is 4.21. The van der Waals surface area contributed by atoms with Crippen molar-refractivity contribution >= 4 is 27.5 Å². The molecular formula is C34H35F3N6O3. The van der Waals surface area contributed by atoms with Crippen molar-refractivity contribution in [2.24, 2.45) is 0 Å². The molecule has 2 aromatic carbocycles. The van der Waals surface area contributed by atoms with Gasteiger partial charge in [-0.2, -0.15) is 9.97 Å². The molecule has 0 aliphatic carbocycles. The summed E-state index contributed by atoms with van der Waals surface area (Å²) in [5.41, 5.74) is 0.0926. The number of rotatable bonds is 5. The van der Waals surface area contributed by atoms with Gasteiger partial charge in [0.25, 0.3) is 0 Å².